The highest BCUT2D eigenvalue weighted by atomic mass is 19.1. The van der Waals surface area contributed by atoms with Crippen LogP contribution in [0.1, 0.15) is 37.8 Å². The molecule has 126 valence electrons. The van der Waals surface area contributed by atoms with Crippen molar-refractivity contribution in [3.63, 3.8) is 0 Å². The molecule has 5 nitrogen and oxygen atoms in total. The molecular formula is C17H24FN3O2. The highest BCUT2D eigenvalue weighted by Gasteiger charge is 2.29. The van der Waals surface area contributed by atoms with Crippen LogP contribution in [0.2, 0.25) is 0 Å². The van der Waals surface area contributed by atoms with Crippen molar-refractivity contribution in [2.45, 2.75) is 38.3 Å². The summed E-state index contributed by atoms with van der Waals surface area (Å²) in [5.74, 6) is -1.06. The molecule has 1 saturated heterocycles. The zero-order valence-electron chi connectivity index (χ0n) is 13.7. The number of carbonyl (C=O) groups excluding carboxylic acids is 2. The zero-order valence-corrected chi connectivity index (χ0v) is 13.7. The molecule has 0 aromatic heterocycles. The first-order valence-corrected chi connectivity index (χ1v) is 7.94. The van der Waals surface area contributed by atoms with E-state index >= 15 is 0 Å². The first kappa shape index (κ1) is 17.4. The highest BCUT2D eigenvalue weighted by Crippen LogP contribution is 2.21. The second-order valence-corrected chi connectivity index (χ2v) is 6.21. The van der Waals surface area contributed by atoms with E-state index in [4.69, 9.17) is 5.73 Å². The van der Waals surface area contributed by atoms with Crippen molar-refractivity contribution in [2.75, 3.05) is 20.1 Å². The number of rotatable bonds is 5. The van der Waals surface area contributed by atoms with Gasteiger partial charge in [-0.05, 0) is 50.9 Å². The lowest BCUT2D eigenvalue weighted by Crippen LogP contribution is -2.48. The summed E-state index contributed by atoms with van der Waals surface area (Å²) in [5, 5.41) is 0. The fourth-order valence-corrected chi connectivity index (χ4v) is 3.18. The van der Waals surface area contributed by atoms with E-state index in [9.17, 15) is 14.0 Å². The molecule has 2 N–H and O–H groups in total. The molecule has 0 unspecified atom stereocenters. The van der Waals surface area contributed by atoms with Gasteiger partial charge in [-0.1, -0.05) is 12.1 Å². The van der Waals surface area contributed by atoms with Crippen LogP contribution in [-0.4, -0.2) is 47.8 Å². The third kappa shape index (κ3) is 4.28. The molecule has 0 aliphatic carbocycles. The standard InChI is InChI=1S/C17H24FN3O2/c1-12-6-3-4-9-21(12)15(22)11-20(2)16(17(19)23)13-7-5-8-14(18)10-13/h5,7-8,10,12,16H,3-4,6,9,11H2,1-2H3,(H2,19,23)/t12-,16+/m0/s1. The minimum Gasteiger partial charge on any atom is -0.368 e. The summed E-state index contributed by atoms with van der Waals surface area (Å²) in [6.45, 7) is 2.86. The molecule has 1 aromatic carbocycles. The van der Waals surface area contributed by atoms with Gasteiger partial charge in [-0.3, -0.25) is 14.5 Å². The van der Waals surface area contributed by atoms with Crippen molar-refractivity contribution < 1.29 is 14.0 Å². The lowest BCUT2D eigenvalue weighted by atomic mass is 10.0. The molecule has 23 heavy (non-hydrogen) atoms. The Balaban J connectivity index is 2.10. The van der Waals surface area contributed by atoms with Crippen LogP contribution in [0.5, 0.6) is 0 Å². The first-order chi connectivity index (χ1) is 10.9. The fourth-order valence-electron chi connectivity index (χ4n) is 3.18. The van der Waals surface area contributed by atoms with E-state index in [-0.39, 0.29) is 18.5 Å². The van der Waals surface area contributed by atoms with Gasteiger partial charge in [0.2, 0.25) is 11.8 Å². The molecule has 0 saturated carbocycles. The molecule has 6 heteroatoms. The van der Waals surface area contributed by atoms with Crippen LogP contribution in [0.4, 0.5) is 4.39 Å². The van der Waals surface area contributed by atoms with E-state index in [2.05, 4.69) is 0 Å². The third-order valence-electron chi connectivity index (χ3n) is 4.38. The van der Waals surface area contributed by atoms with Crippen LogP contribution in [0.25, 0.3) is 0 Å². The average Bonchev–Trinajstić information content (AvgIpc) is 2.47. The molecular weight excluding hydrogens is 297 g/mol. The number of halogens is 1. The van der Waals surface area contributed by atoms with E-state index in [1.807, 2.05) is 11.8 Å². The summed E-state index contributed by atoms with van der Waals surface area (Å²) < 4.78 is 13.4. The second kappa shape index (κ2) is 7.55. The molecule has 1 aromatic rings. The minimum atomic E-state index is -0.824. The molecule has 1 heterocycles. The molecule has 0 bridgehead atoms. The molecule has 2 amide bonds. The van der Waals surface area contributed by atoms with Crippen LogP contribution in [-0.2, 0) is 9.59 Å². The highest BCUT2D eigenvalue weighted by molar-refractivity contribution is 5.83. The topological polar surface area (TPSA) is 66.6 Å². The maximum Gasteiger partial charge on any atom is 0.239 e. The van der Waals surface area contributed by atoms with Gasteiger partial charge < -0.3 is 10.6 Å². The molecule has 2 atom stereocenters. The van der Waals surface area contributed by atoms with Crippen molar-refractivity contribution in [2.24, 2.45) is 5.73 Å². The lowest BCUT2D eigenvalue weighted by molar-refractivity contribution is -0.136. The Hall–Kier alpha value is -1.95. The predicted octanol–water partition coefficient (Wildman–Crippen LogP) is 1.68. The number of piperidine rings is 1. The third-order valence-corrected chi connectivity index (χ3v) is 4.38. The number of benzene rings is 1. The Morgan fingerprint density at radius 1 is 1.43 bits per heavy atom. The number of carbonyl (C=O) groups is 2. The smallest absolute Gasteiger partial charge is 0.239 e. The molecule has 1 aliphatic heterocycles. The fraction of sp³-hybridized carbons (Fsp3) is 0.529. The normalized spacial score (nSPS) is 19.7. The van der Waals surface area contributed by atoms with Gasteiger partial charge in [-0.15, -0.1) is 0 Å². The number of amides is 2. The number of primary amides is 1. The van der Waals surface area contributed by atoms with E-state index < -0.39 is 17.8 Å². The van der Waals surface area contributed by atoms with Crippen molar-refractivity contribution in [3.05, 3.63) is 35.6 Å². The lowest BCUT2D eigenvalue weighted by Gasteiger charge is -2.35. The van der Waals surface area contributed by atoms with E-state index in [1.165, 1.54) is 18.2 Å². The maximum atomic E-state index is 13.4. The van der Waals surface area contributed by atoms with Crippen LogP contribution < -0.4 is 5.73 Å². The average molecular weight is 321 g/mol. The number of hydrogen-bond donors (Lipinski definition) is 1. The number of likely N-dealkylation sites (tertiary alicyclic amines) is 1. The van der Waals surface area contributed by atoms with Crippen LogP contribution in [0, 0.1) is 5.82 Å². The number of likely N-dealkylation sites (N-methyl/N-ethyl adjacent to an activating group) is 1. The van der Waals surface area contributed by atoms with E-state index in [1.54, 1.807) is 18.0 Å². The van der Waals surface area contributed by atoms with Crippen LogP contribution in [0.15, 0.2) is 24.3 Å². The molecule has 1 fully saturated rings. The Labute approximate surface area is 136 Å². The number of nitrogens with zero attached hydrogens (tertiary/aromatic N) is 2. The van der Waals surface area contributed by atoms with Crippen LogP contribution >= 0.6 is 0 Å². The summed E-state index contributed by atoms with van der Waals surface area (Å²) in [6.07, 6.45) is 3.13. The predicted molar refractivity (Wildman–Crippen MR) is 86.0 cm³/mol. The molecule has 0 spiro atoms. The largest absolute Gasteiger partial charge is 0.368 e. The first-order valence-electron chi connectivity index (χ1n) is 7.94. The summed E-state index contributed by atoms with van der Waals surface area (Å²) in [7, 11) is 1.66. The van der Waals surface area contributed by atoms with Gasteiger partial charge in [0.15, 0.2) is 0 Å². The van der Waals surface area contributed by atoms with Gasteiger partial charge in [0.05, 0.1) is 6.54 Å². The van der Waals surface area contributed by atoms with Gasteiger partial charge in [0.25, 0.3) is 0 Å². The number of nitrogens with two attached hydrogens (primary N) is 1. The van der Waals surface area contributed by atoms with Gasteiger partial charge in [-0.2, -0.15) is 0 Å². The van der Waals surface area contributed by atoms with Crippen molar-refractivity contribution in [1.29, 1.82) is 0 Å². The Bertz CT molecular complexity index is 579. The zero-order chi connectivity index (χ0) is 17.0. The molecule has 2 rings (SSSR count). The Morgan fingerprint density at radius 3 is 2.78 bits per heavy atom. The molecule has 1 aliphatic rings. The van der Waals surface area contributed by atoms with E-state index in [0.717, 1.165) is 25.8 Å². The van der Waals surface area contributed by atoms with Crippen molar-refractivity contribution in [3.8, 4) is 0 Å². The van der Waals surface area contributed by atoms with Crippen LogP contribution in [0.3, 0.4) is 0 Å². The monoisotopic (exact) mass is 321 g/mol. The van der Waals surface area contributed by atoms with Gasteiger partial charge in [0.1, 0.15) is 11.9 Å². The van der Waals surface area contributed by atoms with Crippen molar-refractivity contribution >= 4 is 11.8 Å². The van der Waals surface area contributed by atoms with Gasteiger partial charge >= 0.3 is 0 Å². The summed E-state index contributed by atoms with van der Waals surface area (Å²) in [6, 6.07) is 5.15. The SMILES string of the molecule is C[C@H]1CCCCN1C(=O)CN(C)[C@@H](C(N)=O)c1cccc(F)c1. The van der Waals surface area contributed by atoms with Gasteiger partial charge in [-0.25, -0.2) is 4.39 Å². The summed E-state index contributed by atoms with van der Waals surface area (Å²) >= 11 is 0. The maximum absolute atomic E-state index is 13.4. The Morgan fingerprint density at radius 2 is 2.17 bits per heavy atom. The minimum absolute atomic E-state index is 0.0256. The van der Waals surface area contributed by atoms with Crippen molar-refractivity contribution in [1.82, 2.24) is 9.80 Å². The quantitative estimate of drug-likeness (QED) is 0.897. The summed E-state index contributed by atoms with van der Waals surface area (Å²) in [5.41, 5.74) is 5.93. The van der Waals surface area contributed by atoms with Gasteiger partial charge in [0, 0.05) is 12.6 Å². The Kier molecular flexibility index (Phi) is 5.71. The summed E-state index contributed by atoms with van der Waals surface area (Å²) in [4.78, 5) is 27.7. The second-order valence-electron chi connectivity index (χ2n) is 6.21. The number of hydrogen-bond acceptors (Lipinski definition) is 3. The van der Waals surface area contributed by atoms with E-state index in [0.29, 0.717) is 5.56 Å². The molecule has 0 radical (unpaired) electrons.